The summed E-state index contributed by atoms with van der Waals surface area (Å²) in [6.45, 7) is 7.68. The number of carbonyl (C=O) groups excluding carboxylic acids is 4. The van der Waals surface area contributed by atoms with E-state index in [2.05, 4.69) is 10.6 Å². The van der Waals surface area contributed by atoms with Gasteiger partial charge in [-0.2, -0.15) is 0 Å². The second kappa shape index (κ2) is 10.4. The molecule has 0 unspecified atom stereocenters. The van der Waals surface area contributed by atoms with Crippen LogP contribution in [0.15, 0.2) is 48.5 Å². The number of aliphatic hydroxyl groups is 2. The fourth-order valence-corrected chi connectivity index (χ4v) is 23.3. The van der Waals surface area contributed by atoms with Gasteiger partial charge in [0.25, 0.3) is 23.6 Å². The van der Waals surface area contributed by atoms with Crippen LogP contribution in [0.4, 0.5) is 11.4 Å². The number of hydrogen-bond acceptors (Lipinski definition) is 14. The van der Waals surface area contributed by atoms with Gasteiger partial charge in [0, 0.05) is 25.5 Å². The normalized spacial score (nSPS) is 43.7. The SMILES string of the molecule is CC(C)[C@]12SSSS[C@]3(C(=O)N1C)[C@@H](O)[C@]1([C@@]45c6ccccc6N[C@H]4N4C(=O)[C@@]6(C(C)C)SS[C@@]4(C(=O)N6C)[C@H]5O)c4ccccc4N[C@@H]1N3C2=O. The Morgan fingerprint density at radius 2 is 1.00 bits per heavy atom. The predicted octanol–water partition coefficient (Wildman–Crippen LogP) is 3.90. The van der Waals surface area contributed by atoms with Crippen molar-refractivity contribution in [3.8, 4) is 0 Å². The maximum atomic E-state index is 15.5. The molecule has 10 heterocycles. The Balaban J connectivity index is 1.34. The Labute approximate surface area is 323 Å². The van der Waals surface area contributed by atoms with Crippen LogP contribution in [0.25, 0.3) is 0 Å². The minimum absolute atomic E-state index is 0.283. The number of para-hydroxylation sites is 2. The predicted molar refractivity (Wildman–Crippen MR) is 208 cm³/mol. The average molecular weight is 817 g/mol. The number of fused-ring (bicyclic) bond motifs is 13. The first-order chi connectivity index (χ1) is 24.7. The second-order valence-corrected chi connectivity index (χ2v) is 24.1. The van der Waals surface area contributed by atoms with Crippen LogP contribution < -0.4 is 10.6 Å². The van der Waals surface area contributed by atoms with Crippen molar-refractivity contribution in [3.63, 3.8) is 0 Å². The molecule has 12 nitrogen and oxygen atoms in total. The number of rotatable bonds is 3. The summed E-state index contributed by atoms with van der Waals surface area (Å²) in [5, 5.41) is 34.5. The standard InChI is InChI=1S/C34H36N6O6S6/c1-15(2)31-27(45)39-23-29(17-11-7-9-13-19(17)35-23,21(41)33(39,48-47-31)25(43)37(31)5)30-18-12-8-10-14-20(18)36-24(30)40-28(46)32(16(3)4)38(6)26(44)34(40,22(30)42)50-52-51-49-32/h7-16,21-24,35-36,41-42H,1-6H3/t21-,22-,23-,24+,29+,30+,31+,32+,33+,34-/m0/s1. The van der Waals surface area contributed by atoms with E-state index in [-0.39, 0.29) is 23.7 Å². The molecular weight excluding hydrogens is 781 g/mol. The molecule has 12 rings (SSSR count). The lowest BCUT2D eigenvalue weighted by Crippen LogP contribution is -2.79. The highest BCUT2D eigenvalue weighted by Crippen LogP contribution is 2.79. The third-order valence-electron chi connectivity index (χ3n) is 13.2. The van der Waals surface area contributed by atoms with Gasteiger partial charge in [-0.3, -0.25) is 29.0 Å². The van der Waals surface area contributed by atoms with Crippen molar-refractivity contribution in [2.45, 2.75) is 82.5 Å². The van der Waals surface area contributed by atoms with Crippen molar-refractivity contribution in [2.24, 2.45) is 11.8 Å². The first-order valence-electron chi connectivity index (χ1n) is 17.1. The summed E-state index contributed by atoms with van der Waals surface area (Å²) in [5.41, 5.74) is -0.877. The molecule has 10 atom stereocenters. The molecule has 18 heteroatoms. The van der Waals surface area contributed by atoms with Gasteiger partial charge in [0.2, 0.25) is 9.74 Å². The Morgan fingerprint density at radius 1 is 0.596 bits per heavy atom. The van der Waals surface area contributed by atoms with E-state index in [1.54, 1.807) is 23.9 Å². The zero-order valence-electron chi connectivity index (χ0n) is 28.8. The molecule has 274 valence electrons. The molecule has 0 saturated carbocycles. The van der Waals surface area contributed by atoms with Crippen molar-refractivity contribution in [1.29, 1.82) is 0 Å². The highest BCUT2D eigenvalue weighted by Gasteiger charge is 2.92. The van der Waals surface area contributed by atoms with E-state index in [0.29, 0.717) is 22.5 Å². The van der Waals surface area contributed by atoms with Gasteiger partial charge in [-0.1, -0.05) is 74.9 Å². The molecule has 0 aromatic heterocycles. The fraction of sp³-hybridized carbons (Fsp3) is 0.529. The quantitative estimate of drug-likeness (QED) is 0.333. The molecule has 8 saturated heterocycles. The number of benzene rings is 2. The number of likely N-dealkylation sites (N-methyl/N-ethyl adjacent to an activating group) is 2. The van der Waals surface area contributed by atoms with E-state index >= 15 is 14.4 Å². The summed E-state index contributed by atoms with van der Waals surface area (Å²) in [7, 11) is 11.0. The van der Waals surface area contributed by atoms with Crippen molar-refractivity contribution in [3.05, 3.63) is 59.7 Å². The van der Waals surface area contributed by atoms with E-state index in [0.717, 1.165) is 10.8 Å². The number of aliphatic hydroxyl groups excluding tert-OH is 2. The minimum atomic E-state index is -1.84. The molecule has 4 N–H and O–H groups in total. The van der Waals surface area contributed by atoms with E-state index in [1.165, 1.54) is 61.8 Å². The summed E-state index contributed by atoms with van der Waals surface area (Å²) in [5.74, 6) is -2.05. The zero-order chi connectivity index (χ0) is 36.7. The number of nitrogens with one attached hydrogen (secondary N) is 2. The topological polar surface area (TPSA) is 146 Å². The van der Waals surface area contributed by atoms with Gasteiger partial charge < -0.3 is 30.6 Å². The van der Waals surface area contributed by atoms with Crippen LogP contribution in [-0.4, -0.2) is 112 Å². The first kappa shape index (κ1) is 34.4. The summed E-state index contributed by atoms with van der Waals surface area (Å²) in [6.07, 6.45) is -5.37. The Kier molecular flexibility index (Phi) is 6.89. The molecule has 10 aliphatic rings. The highest BCUT2D eigenvalue weighted by molar-refractivity contribution is 9.26. The molecule has 52 heavy (non-hydrogen) atoms. The van der Waals surface area contributed by atoms with Crippen LogP contribution in [0.5, 0.6) is 0 Å². The lowest BCUT2D eigenvalue weighted by Gasteiger charge is -2.60. The number of nitrogens with zero attached hydrogens (tertiary/aromatic N) is 4. The maximum absolute atomic E-state index is 15.5. The highest BCUT2D eigenvalue weighted by atomic mass is 33.7. The lowest BCUT2D eigenvalue weighted by molar-refractivity contribution is -0.169. The van der Waals surface area contributed by atoms with Gasteiger partial charge in [-0.25, -0.2) is 0 Å². The van der Waals surface area contributed by atoms with Crippen LogP contribution in [0.1, 0.15) is 38.8 Å². The third kappa shape index (κ3) is 3.09. The van der Waals surface area contributed by atoms with Crippen LogP contribution in [0.2, 0.25) is 0 Å². The smallest absolute Gasteiger partial charge is 0.264 e. The number of piperazine rings is 2. The van der Waals surface area contributed by atoms with E-state index in [9.17, 15) is 15.0 Å². The van der Waals surface area contributed by atoms with Gasteiger partial charge in [-0.15, -0.1) is 0 Å². The minimum Gasteiger partial charge on any atom is -0.388 e. The molecule has 4 bridgehead atoms. The van der Waals surface area contributed by atoms with E-state index in [4.69, 9.17) is 0 Å². The first-order valence-corrected chi connectivity index (χ1v) is 24.1. The summed E-state index contributed by atoms with van der Waals surface area (Å²) >= 11 is 0. The lowest BCUT2D eigenvalue weighted by atomic mass is 9.52. The van der Waals surface area contributed by atoms with Crippen molar-refractivity contribution >= 4 is 97.8 Å². The van der Waals surface area contributed by atoms with Crippen molar-refractivity contribution in [2.75, 3.05) is 24.7 Å². The number of carbonyl (C=O) groups is 4. The Morgan fingerprint density at radius 3 is 1.46 bits per heavy atom. The van der Waals surface area contributed by atoms with Gasteiger partial charge in [0.15, 0.2) is 9.74 Å². The van der Waals surface area contributed by atoms with E-state index < -0.39 is 66.7 Å². The fourth-order valence-electron chi connectivity index (χ4n) is 11.0. The molecular formula is C34H36N6O6S6. The average Bonchev–Trinajstić information content (AvgIpc) is 3.76. The summed E-state index contributed by atoms with van der Waals surface area (Å²) in [4.78, 5) is 61.0. The molecule has 2 spiro atoms. The van der Waals surface area contributed by atoms with E-state index in [1.807, 2.05) is 76.2 Å². The second-order valence-electron chi connectivity index (χ2n) is 15.4. The zero-order valence-corrected chi connectivity index (χ0v) is 33.7. The van der Waals surface area contributed by atoms with Crippen LogP contribution >= 0.6 is 62.8 Å². The number of hydrogen-bond donors (Lipinski definition) is 4. The van der Waals surface area contributed by atoms with Gasteiger partial charge in [-0.05, 0) is 87.1 Å². The van der Waals surface area contributed by atoms with Crippen LogP contribution in [0.3, 0.4) is 0 Å². The molecule has 2 aromatic rings. The number of amides is 4. The molecule has 2 aromatic carbocycles. The van der Waals surface area contributed by atoms with Crippen molar-refractivity contribution < 1.29 is 29.4 Å². The molecule has 8 fully saturated rings. The molecule has 4 amide bonds. The Hall–Kier alpha value is -2.06. The van der Waals surface area contributed by atoms with Gasteiger partial charge in [0.05, 0.1) is 10.8 Å². The Bertz CT molecular complexity index is 2050. The molecule has 10 aliphatic heterocycles. The van der Waals surface area contributed by atoms with Gasteiger partial charge >= 0.3 is 0 Å². The largest absolute Gasteiger partial charge is 0.388 e. The van der Waals surface area contributed by atoms with Gasteiger partial charge in [0.1, 0.15) is 24.5 Å². The summed E-state index contributed by atoms with van der Waals surface area (Å²) in [6, 6.07) is 14.9. The molecule has 0 aliphatic carbocycles. The molecule has 0 radical (unpaired) electrons. The van der Waals surface area contributed by atoms with Crippen LogP contribution in [-0.2, 0) is 30.0 Å². The number of anilines is 2. The van der Waals surface area contributed by atoms with Crippen LogP contribution in [0, 0.1) is 11.8 Å². The maximum Gasteiger partial charge on any atom is 0.264 e. The summed E-state index contributed by atoms with van der Waals surface area (Å²) < 4.78 is 0. The monoisotopic (exact) mass is 816 g/mol. The van der Waals surface area contributed by atoms with Crippen molar-refractivity contribution in [1.82, 2.24) is 19.6 Å². The third-order valence-corrected chi connectivity index (χ3v) is 24.6.